The average molecular weight is 463 g/mol. The highest BCUT2D eigenvalue weighted by molar-refractivity contribution is 7.98. The number of rotatable bonds is 17. The Kier molecular flexibility index (Phi) is 15.1. The van der Waals surface area contributed by atoms with Crippen molar-refractivity contribution in [2.75, 3.05) is 25.1 Å². The summed E-state index contributed by atoms with van der Waals surface area (Å²) in [6.45, 7) is 0.0846. The molecular weight excluding hydrogens is 428 g/mol. The van der Waals surface area contributed by atoms with Crippen molar-refractivity contribution < 1.29 is 29.1 Å². The van der Waals surface area contributed by atoms with Gasteiger partial charge in [0.05, 0.1) is 6.54 Å². The molecule has 0 saturated heterocycles. The van der Waals surface area contributed by atoms with Gasteiger partial charge in [0.15, 0.2) is 0 Å². The molecule has 0 spiro atoms. The van der Waals surface area contributed by atoms with E-state index in [1.54, 1.807) is 0 Å². The Morgan fingerprint density at radius 2 is 1.45 bits per heavy atom. The van der Waals surface area contributed by atoms with Crippen LogP contribution in [0.1, 0.15) is 38.5 Å². The fraction of sp³-hybridized carbons (Fsp3) is 0.722. The van der Waals surface area contributed by atoms with Gasteiger partial charge in [-0.25, -0.2) is 4.79 Å². The van der Waals surface area contributed by atoms with Crippen LogP contribution in [0.25, 0.3) is 0 Å². The Balaban J connectivity index is 5.32. The molecule has 0 aliphatic rings. The zero-order valence-electron chi connectivity index (χ0n) is 17.7. The second-order valence-corrected chi connectivity index (χ2v) is 7.84. The summed E-state index contributed by atoms with van der Waals surface area (Å²) in [7, 11) is 0. The Hall–Kier alpha value is -2.38. The van der Waals surface area contributed by atoms with E-state index in [2.05, 4.69) is 16.0 Å². The van der Waals surface area contributed by atoms with Crippen LogP contribution >= 0.6 is 11.8 Å². The molecular formula is C18H34N6O6S. The van der Waals surface area contributed by atoms with Gasteiger partial charge < -0.3 is 38.3 Å². The van der Waals surface area contributed by atoms with Gasteiger partial charge in [-0.1, -0.05) is 0 Å². The largest absolute Gasteiger partial charge is 0.480 e. The fourth-order valence-electron chi connectivity index (χ4n) is 2.61. The molecule has 31 heavy (non-hydrogen) atoms. The van der Waals surface area contributed by atoms with Crippen molar-refractivity contribution in [2.24, 2.45) is 17.2 Å². The minimum Gasteiger partial charge on any atom is -0.480 e. The maximum Gasteiger partial charge on any atom is 0.326 e. The molecule has 0 saturated carbocycles. The first kappa shape index (κ1) is 28.6. The van der Waals surface area contributed by atoms with Crippen molar-refractivity contribution in [1.29, 1.82) is 0 Å². The second-order valence-electron chi connectivity index (χ2n) is 6.86. The number of nitrogens with two attached hydrogens (primary N) is 3. The molecule has 0 aromatic heterocycles. The highest BCUT2D eigenvalue weighted by atomic mass is 32.2. The summed E-state index contributed by atoms with van der Waals surface area (Å²) in [6, 6.07) is -3.31. The zero-order valence-corrected chi connectivity index (χ0v) is 18.5. The number of carboxylic acid groups (broad SMARTS) is 1. The van der Waals surface area contributed by atoms with Crippen LogP contribution in [0.15, 0.2) is 0 Å². The third kappa shape index (κ3) is 12.8. The molecule has 0 rings (SSSR count). The second kappa shape index (κ2) is 16.3. The molecule has 3 unspecified atom stereocenters. The average Bonchev–Trinajstić information content (AvgIpc) is 2.72. The number of unbranched alkanes of at least 4 members (excludes halogenated alkanes) is 1. The maximum atomic E-state index is 12.7. The molecule has 12 nitrogen and oxygen atoms in total. The lowest BCUT2D eigenvalue weighted by Crippen LogP contribution is -2.56. The number of nitrogens with one attached hydrogen (secondary N) is 3. The van der Waals surface area contributed by atoms with Gasteiger partial charge >= 0.3 is 5.97 Å². The SMILES string of the molecule is CSCCC(NC(=O)CN)C(=O)NC(CCC(N)=O)C(=O)NC(CCCCN)C(=O)O. The van der Waals surface area contributed by atoms with Crippen LogP contribution in [0.2, 0.25) is 0 Å². The zero-order chi connectivity index (χ0) is 23.8. The molecule has 0 radical (unpaired) electrons. The molecule has 0 aliphatic heterocycles. The number of hydrogen-bond acceptors (Lipinski definition) is 8. The molecule has 0 aliphatic carbocycles. The quantitative estimate of drug-likeness (QED) is 0.115. The van der Waals surface area contributed by atoms with E-state index in [0.717, 1.165) is 0 Å². The van der Waals surface area contributed by atoms with Crippen LogP contribution in [0.3, 0.4) is 0 Å². The smallest absolute Gasteiger partial charge is 0.326 e. The van der Waals surface area contributed by atoms with E-state index >= 15 is 0 Å². The maximum absolute atomic E-state index is 12.7. The summed E-state index contributed by atoms with van der Waals surface area (Å²) >= 11 is 1.47. The predicted octanol–water partition coefficient (Wildman–Crippen LogP) is -2.37. The van der Waals surface area contributed by atoms with Gasteiger partial charge in [-0.15, -0.1) is 0 Å². The van der Waals surface area contributed by atoms with E-state index in [1.165, 1.54) is 11.8 Å². The first-order chi connectivity index (χ1) is 14.7. The van der Waals surface area contributed by atoms with E-state index in [1.807, 2.05) is 6.26 Å². The number of thioether (sulfide) groups is 1. The molecule has 10 N–H and O–H groups in total. The lowest BCUT2D eigenvalue weighted by molar-refractivity contribution is -0.142. The van der Waals surface area contributed by atoms with Gasteiger partial charge in [0.2, 0.25) is 23.6 Å². The van der Waals surface area contributed by atoms with Gasteiger partial charge in [0.25, 0.3) is 0 Å². The summed E-state index contributed by atoms with van der Waals surface area (Å²) in [4.78, 5) is 59.6. The molecule has 0 aromatic rings. The number of carbonyl (C=O) groups is 5. The summed E-state index contributed by atoms with van der Waals surface area (Å²) in [5, 5.41) is 16.7. The highest BCUT2D eigenvalue weighted by Gasteiger charge is 2.29. The molecule has 0 bridgehead atoms. The summed E-state index contributed by atoms with van der Waals surface area (Å²) in [6.07, 6.45) is 3.06. The first-order valence-electron chi connectivity index (χ1n) is 9.96. The van der Waals surface area contributed by atoms with Crippen LogP contribution in [-0.4, -0.2) is 77.9 Å². The van der Waals surface area contributed by atoms with Crippen LogP contribution in [0.5, 0.6) is 0 Å². The summed E-state index contributed by atoms with van der Waals surface area (Å²) in [5.74, 6) is -3.29. The molecule has 13 heteroatoms. The van der Waals surface area contributed by atoms with Crippen LogP contribution < -0.4 is 33.2 Å². The van der Waals surface area contributed by atoms with Crippen molar-refractivity contribution in [1.82, 2.24) is 16.0 Å². The molecule has 4 amide bonds. The monoisotopic (exact) mass is 462 g/mol. The van der Waals surface area contributed by atoms with Gasteiger partial charge in [-0.2, -0.15) is 11.8 Å². The number of carboxylic acids is 1. The topological polar surface area (TPSA) is 220 Å². The van der Waals surface area contributed by atoms with Crippen molar-refractivity contribution in [3.8, 4) is 0 Å². The number of primary amides is 1. The number of amides is 4. The van der Waals surface area contributed by atoms with E-state index in [9.17, 15) is 29.1 Å². The molecule has 178 valence electrons. The lowest BCUT2D eigenvalue weighted by Gasteiger charge is -2.24. The Morgan fingerprint density at radius 3 is 1.94 bits per heavy atom. The van der Waals surface area contributed by atoms with Gasteiger partial charge in [-0.3, -0.25) is 19.2 Å². The summed E-state index contributed by atoms with van der Waals surface area (Å²) in [5.41, 5.74) is 15.8. The number of aliphatic carboxylic acids is 1. The number of carbonyl (C=O) groups excluding carboxylic acids is 4. The third-order valence-electron chi connectivity index (χ3n) is 4.32. The van der Waals surface area contributed by atoms with Gasteiger partial charge in [0.1, 0.15) is 18.1 Å². The lowest BCUT2D eigenvalue weighted by atomic mass is 10.1. The molecule has 0 fully saturated rings. The van der Waals surface area contributed by atoms with E-state index in [0.29, 0.717) is 31.6 Å². The molecule has 3 atom stereocenters. The van der Waals surface area contributed by atoms with Gasteiger partial charge in [0, 0.05) is 6.42 Å². The minimum absolute atomic E-state index is 0.123. The van der Waals surface area contributed by atoms with E-state index < -0.39 is 47.7 Å². The van der Waals surface area contributed by atoms with Crippen molar-refractivity contribution in [3.05, 3.63) is 0 Å². The molecule has 0 aromatic carbocycles. The normalized spacial score (nSPS) is 13.5. The first-order valence-corrected chi connectivity index (χ1v) is 11.4. The fourth-order valence-corrected chi connectivity index (χ4v) is 3.08. The standard InChI is InChI=1S/C18H34N6O6S/c1-31-9-7-12(22-15(26)10-20)17(28)23-11(5-6-14(21)25)16(27)24-13(18(29)30)4-2-3-8-19/h11-13H,2-10,19-20H2,1H3,(H2,21,25)(H,22,26)(H,23,28)(H,24,27)(H,29,30). The Labute approximate surface area is 185 Å². The third-order valence-corrected chi connectivity index (χ3v) is 4.97. The highest BCUT2D eigenvalue weighted by Crippen LogP contribution is 2.06. The number of hydrogen-bond donors (Lipinski definition) is 7. The molecule has 0 heterocycles. The van der Waals surface area contributed by atoms with Crippen LogP contribution in [0.4, 0.5) is 0 Å². The minimum atomic E-state index is -1.22. The van der Waals surface area contributed by atoms with Crippen molar-refractivity contribution >= 4 is 41.4 Å². The predicted molar refractivity (Wildman–Crippen MR) is 117 cm³/mol. The van der Waals surface area contributed by atoms with E-state index in [-0.39, 0.29) is 25.8 Å². The Bertz CT molecular complexity index is 620. The van der Waals surface area contributed by atoms with E-state index in [4.69, 9.17) is 17.2 Å². The van der Waals surface area contributed by atoms with Crippen LogP contribution in [-0.2, 0) is 24.0 Å². The van der Waals surface area contributed by atoms with Crippen LogP contribution in [0, 0.1) is 0 Å². The van der Waals surface area contributed by atoms with Crippen molar-refractivity contribution in [2.45, 2.75) is 56.7 Å². The van der Waals surface area contributed by atoms with Crippen molar-refractivity contribution in [3.63, 3.8) is 0 Å². The van der Waals surface area contributed by atoms with Gasteiger partial charge in [-0.05, 0) is 50.7 Å². The summed E-state index contributed by atoms with van der Waals surface area (Å²) < 4.78 is 0. The Morgan fingerprint density at radius 1 is 0.871 bits per heavy atom.